The Morgan fingerprint density at radius 1 is 1.28 bits per heavy atom. The summed E-state index contributed by atoms with van der Waals surface area (Å²) in [5.41, 5.74) is 3.43. The minimum absolute atomic E-state index is 0.173. The number of carbonyl (C=O) groups is 1. The molecule has 6 heteroatoms. The molecule has 128 valence electrons. The Morgan fingerprint density at radius 3 is 2.68 bits per heavy atom. The lowest BCUT2D eigenvalue weighted by atomic mass is 10.2. The van der Waals surface area contributed by atoms with E-state index in [0.717, 1.165) is 29.9 Å². The maximum absolute atomic E-state index is 12.8. The number of para-hydroxylation sites is 1. The first-order chi connectivity index (χ1) is 12.1. The Balaban J connectivity index is 1.64. The first-order valence-electron chi connectivity index (χ1n) is 8.54. The van der Waals surface area contributed by atoms with Crippen LogP contribution in [0.5, 0.6) is 0 Å². The zero-order chi connectivity index (χ0) is 17.4. The molecule has 2 heterocycles. The van der Waals surface area contributed by atoms with Gasteiger partial charge in [-0.05, 0) is 37.0 Å². The lowest BCUT2D eigenvalue weighted by molar-refractivity contribution is 0.101. The summed E-state index contributed by atoms with van der Waals surface area (Å²) in [6.07, 6.45) is 2.30. The van der Waals surface area contributed by atoms with Crippen LogP contribution in [0.2, 0.25) is 0 Å². The second-order valence-corrected chi connectivity index (χ2v) is 7.52. The molecule has 0 aliphatic heterocycles. The van der Waals surface area contributed by atoms with E-state index in [9.17, 15) is 4.79 Å². The van der Waals surface area contributed by atoms with E-state index < -0.39 is 0 Å². The number of aromatic nitrogens is 3. The van der Waals surface area contributed by atoms with Crippen molar-refractivity contribution in [2.75, 3.05) is 5.32 Å². The molecule has 0 unspecified atom stereocenters. The van der Waals surface area contributed by atoms with Gasteiger partial charge in [0.25, 0.3) is 5.91 Å². The Kier molecular flexibility index (Phi) is 4.13. The first-order valence-corrected chi connectivity index (χ1v) is 9.42. The third-order valence-electron chi connectivity index (χ3n) is 4.29. The van der Waals surface area contributed by atoms with Crippen LogP contribution in [0, 0.1) is 0 Å². The Labute approximate surface area is 150 Å². The van der Waals surface area contributed by atoms with Gasteiger partial charge in [-0.2, -0.15) is 5.10 Å². The SMILES string of the molecule is CC(C)c1csc(NC(=O)c2cc(C3CC3)nn2-c2ccccc2)n1. The van der Waals surface area contributed by atoms with E-state index in [4.69, 9.17) is 0 Å². The normalized spacial score (nSPS) is 14.0. The van der Waals surface area contributed by atoms with Crippen LogP contribution in [0.4, 0.5) is 5.13 Å². The molecule has 4 rings (SSSR count). The summed E-state index contributed by atoms with van der Waals surface area (Å²) < 4.78 is 1.74. The third kappa shape index (κ3) is 3.35. The quantitative estimate of drug-likeness (QED) is 0.731. The van der Waals surface area contributed by atoms with Crippen LogP contribution in [0.1, 0.15) is 60.4 Å². The maximum Gasteiger partial charge on any atom is 0.276 e. The van der Waals surface area contributed by atoms with Gasteiger partial charge < -0.3 is 0 Å². The summed E-state index contributed by atoms with van der Waals surface area (Å²) in [6.45, 7) is 4.18. The molecule has 1 aliphatic rings. The van der Waals surface area contributed by atoms with Crippen LogP contribution < -0.4 is 5.32 Å². The van der Waals surface area contributed by atoms with Gasteiger partial charge >= 0.3 is 0 Å². The maximum atomic E-state index is 12.8. The zero-order valence-corrected chi connectivity index (χ0v) is 15.1. The second-order valence-electron chi connectivity index (χ2n) is 6.66. The van der Waals surface area contributed by atoms with E-state index in [0.29, 0.717) is 22.7 Å². The Bertz CT molecular complexity index is 893. The molecule has 0 bridgehead atoms. The van der Waals surface area contributed by atoms with Gasteiger partial charge in [-0.15, -0.1) is 11.3 Å². The number of nitrogens with one attached hydrogen (secondary N) is 1. The van der Waals surface area contributed by atoms with Crippen LogP contribution in [-0.4, -0.2) is 20.7 Å². The summed E-state index contributed by atoms with van der Waals surface area (Å²) >= 11 is 1.46. The highest BCUT2D eigenvalue weighted by molar-refractivity contribution is 7.14. The van der Waals surface area contributed by atoms with Gasteiger partial charge in [0.2, 0.25) is 0 Å². The van der Waals surface area contributed by atoms with E-state index in [2.05, 4.69) is 29.2 Å². The summed E-state index contributed by atoms with van der Waals surface area (Å²) in [5.74, 6) is 0.662. The highest BCUT2D eigenvalue weighted by atomic mass is 32.1. The van der Waals surface area contributed by atoms with Crippen molar-refractivity contribution in [3.63, 3.8) is 0 Å². The molecule has 2 aromatic heterocycles. The lowest BCUT2D eigenvalue weighted by Crippen LogP contribution is -2.16. The van der Waals surface area contributed by atoms with Crippen molar-refractivity contribution < 1.29 is 4.79 Å². The number of amides is 1. The highest BCUT2D eigenvalue weighted by Crippen LogP contribution is 2.39. The van der Waals surface area contributed by atoms with Crippen LogP contribution in [-0.2, 0) is 0 Å². The number of hydrogen-bond donors (Lipinski definition) is 1. The average Bonchev–Trinajstić information content (AvgIpc) is 3.19. The van der Waals surface area contributed by atoms with Gasteiger partial charge in [0.05, 0.1) is 17.1 Å². The molecule has 1 saturated carbocycles. The first kappa shape index (κ1) is 16.0. The summed E-state index contributed by atoms with van der Waals surface area (Å²) in [4.78, 5) is 17.3. The van der Waals surface area contributed by atoms with Crippen molar-refractivity contribution in [2.45, 2.75) is 38.5 Å². The van der Waals surface area contributed by atoms with E-state index in [-0.39, 0.29) is 5.91 Å². The fourth-order valence-electron chi connectivity index (χ4n) is 2.68. The fourth-order valence-corrected chi connectivity index (χ4v) is 3.54. The predicted molar refractivity (Wildman–Crippen MR) is 99.7 cm³/mol. The fraction of sp³-hybridized carbons (Fsp3) is 0.316. The van der Waals surface area contributed by atoms with E-state index in [1.807, 2.05) is 41.8 Å². The molecular formula is C19H20N4OS. The van der Waals surface area contributed by atoms with E-state index >= 15 is 0 Å². The number of carbonyl (C=O) groups excluding carboxylic acids is 1. The van der Waals surface area contributed by atoms with E-state index in [1.54, 1.807) is 4.68 Å². The van der Waals surface area contributed by atoms with Gasteiger partial charge in [0, 0.05) is 11.3 Å². The molecule has 1 N–H and O–H groups in total. The number of anilines is 1. The minimum Gasteiger partial charge on any atom is -0.296 e. The predicted octanol–water partition coefficient (Wildman–Crippen LogP) is 4.58. The Hall–Kier alpha value is -2.47. The average molecular weight is 352 g/mol. The number of nitrogens with zero attached hydrogens (tertiary/aromatic N) is 3. The van der Waals surface area contributed by atoms with Crippen molar-refractivity contribution in [1.29, 1.82) is 0 Å². The van der Waals surface area contributed by atoms with Gasteiger partial charge in [0.1, 0.15) is 5.69 Å². The minimum atomic E-state index is -0.173. The molecule has 3 aromatic rings. The topological polar surface area (TPSA) is 59.8 Å². The summed E-state index contributed by atoms with van der Waals surface area (Å²) in [5, 5.41) is 10.2. The van der Waals surface area contributed by atoms with Crippen LogP contribution in [0.15, 0.2) is 41.8 Å². The third-order valence-corrected chi connectivity index (χ3v) is 5.07. The molecule has 0 saturated heterocycles. The van der Waals surface area contributed by atoms with Crippen LogP contribution >= 0.6 is 11.3 Å². The van der Waals surface area contributed by atoms with Crippen LogP contribution in [0.3, 0.4) is 0 Å². The summed E-state index contributed by atoms with van der Waals surface area (Å²) in [7, 11) is 0. The van der Waals surface area contributed by atoms with Gasteiger partial charge in [-0.3, -0.25) is 10.1 Å². The molecule has 1 fully saturated rings. The van der Waals surface area contributed by atoms with Crippen molar-refractivity contribution in [2.24, 2.45) is 0 Å². The number of rotatable bonds is 5. The highest BCUT2D eigenvalue weighted by Gasteiger charge is 2.29. The van der Waals surface area contributed by atoms with Gasteiger partial charge in [-0.25, -0.2) is 9.67 Å². The van der Waals surface area contributed by atoms with Crippen molar-refractivity contribution in [1.82, 2.24) is 14.8 Å². The molecule has 0 radical (unpaired) electrons. The molecule has 5 nitrogen and oxygen atoms in total. The molecule has 0 spiro atoms. The molecule has 0 atom stereocenters. The van der Waals surface area contributed by atoms with Crippen molar-refractivity contribution in [3.8, 4) is 5.69 Å². The van der Waals surface area contributed by atoms with Crippen molar-refractivity contribution >= 4 is 22.4 Å². The van der Waals surface area contributed by atoms with Gasteiger partial charge in [0.15, 0.2) is 5.13 Å². The molecule has 1 aromatic carbocycles. The molecule has 1 amide bonds. The smallest absolute Gasteiger partial charge is 0.276 e. The van der Waals surface area contributed by atoms with Crippen LogP contribution in [0.25, 0.3) is 5.69 Å². The molecule has 25 heavy (non-hydrogen) atoms. The molecular weight excluding hydrogens is 332 g/mol. The lowest BCUT2D eigenvalue weighted by Gasteiger charge is -2.06. The monoisotopic (exact) mass is 352 g/mol. The number of thiazole rings is 1. The summed E-state index contributed by atoms with van der Waals surface area (Å²) in [6, 6.07) is 11.7. The number of benzene rings is 1. The van der Waals surface area contributed by atoms with Crippen molar-refractivity contribution in [3.05, 3.63) is 58.9 Å². The van der Waals surface area contributed by atoms with Gasteiger partial charge in [-0.1, -0.05) is 32.0 Å². The largest absolute Gasteiger partial charge is 0.296 e. The Morgan fingerprint density at radius 2 is 2.04 bits per heavy atom. The molecule has 1 aliphatic carbocycles. The number of hydrogen-bond acceptors (Lipinski definition) is 4. The second kappa shape index (κ2) is 6.44. The van der Waals surface area contributed by atoms with E-state index in [1.165, 1.54) is 11.3 Å². The standard InChI is InChI=1S/C19H20N4OS/c1-12(2)16-11-25-19(20-16)21-18(24)17-10-15(13-8-9-13)22-23(17)14-6-4-3-5-7-14/h3-7,10-13H,8-9H2,1-2H3,(H,20,21,24). The zero-order valence-electron chi connectivity index (χ0n) is 14.3.